The molecule has 5 nitrogen and oxygen atoms in total. The minimum Gasteiger partial charge on any atom is -0.465 e. The van der Waals surface area contributed by atoms with Crippen LogP contribution in [0.15, 0.2) is 60.9 Å². The average Bonchev–Trinajstić information content (AvgIpc) is 2.78. The van der Waals surface area contributed by atoms with Crippen molar-refractivity contribution in [2.24, 2.45) is 0 Å². The van der Waals surface area contributed by atoms with Crippen LogP contribution in [0.3, 0.4) is 0 Å². The number of aromatic nitrogens is 1. The third kappa shape index (κ3) is 5.12. The lowest BCUT2D eigenvalue weighted by Gasteiger charge is -2.39. The molecule has 0 amide bonds. The van der Waals surface area contributed by atoms with Gasteiger partial charge in [0.15, 0.2) is 6.29 Å². The van der Waals surface area contributed by atoms with E-state index in [4.69, 9.17) is 4.74 Å². The number of likely N-dealkylation sites (tertiary alicyclic amines) is 1. The highest BCUT2D eigenvalue weighted by Gasteiger charge is 2.35. The molecule has 1 aliphatic rings. The first kappa shape index (κ1) is 22.7. The Kier molecular flexibility index (Phi) is 6.52. The second-order valence-corrected chi connectivity index (χ2v) is 9.92. The summed E-state index contributed by atoms with van der Waals surface area (Å²) < 4.78 is 5.70. The van der Waals surface area contributed by atoms with Crippen molar-refractivity contribution in [2.75, 3.05) is 19.6 Å². The Hall–Kier alpha value is -2.47. The Morgan fingerprint density at radius 2 is 1.72 bits per heavy atom. The normalized spacial score (nSPS) is 17.9. The number of hydrogen-bond donors (Lipinski definition) is 2. The van der Waals surface area contributed by atoms with Crippen molar-refractivity contribution in [1.29, 1.82) is 0 Å². The lowest BCUT2D eigenvalue weighted by atomic mass is 9.83. The molecule has 2 heterocycles. The van der Waals surface area contributed by atoms with Gasteiger partial charge < -0.3 is 19.8 Å². The van der Waals surface area contributed by atoms with Crippen LogP contribution in [0.4, 0.5) is 0 Å². The molecule has 4 rings (SSSR count). The summed E-state index contributed by atoms with van der Waals surface area (Å²) in [6, 6.07) is 16.0. The molecule has 32 heavy (non-hydrogen) atoms. The average molecular weight is 435 g/mol. The standard InChI is InChI=1S/C27H34N2O3/c1-26(2,3)21-8-10-22(11-9-21)32-25(30)12-15-29-16-13-27(31,14-17-29)24-19-28-18-20-6-4-5-7-23(20)24/h4-11,18-19,25,30-31H,12-17H2,1-3H3/t25-/m0/s1. The van der Waals surface area contributed by atoms with E-state index in [1.165, 1.54) is 5.56 Å². The van der Waals surface area contributed by atoms with Crippen LogP contribution in [0.25, 0.3) is 10.8 Å². The van der Waals surface area contributed by atoms with Crippen LogP contribution >= 0.6 is 0 Å². The van der Waals surface area contributed by atoms with Gasteiger partial charge in [-0.05, 0) is 41.3 Å². The number of benzene rings is 2. The van der Waals surface area contributed by atoms with Gasteiger partial charge >= 0.3 is 0 Å². The zero-order valence-corrected chi connectivity index (χ0v) is 19.3. The molecule has 3 aromatic rings. The van der Waals surface area contributed by atoms with Gasteiger partial charge in [-0.1, -0.05) is 57.2 Å². The molecule has 1 atom stereocenters. The molecule has 0 aliphatic carbocycles. The predicted molar refractivity (Wildman–Crippen MR) is 128 cm³/mol. The summed E-state index contributed by atoms with van der Waals surface area (Å²) in [6.45, 7) is 8.79. The molecule has 0 unspecified atom stereocenters. The quantitative estimate of drug-likeness (QED) is 0.555. The second kappa shape index (κ2) is 9.18. The molecule has 0 bridgehead atoms. The zero-order chi connectivity index (χ0) is 22.8. The van der Waals surface area contributed by atoms with Crippen molar-refractivity contribution in [3.05, 3.63) is 72.1 Å². The topological polar surface area (TPSA) is 65.8 Å². The maximum absolute atomic E-state index is 11.4. The summed E-state index contributed by atoms with van der Waals surface area (Å²) in [7, 11) is 0. The van der Waals surface area contributed by atoms with Gasteiger partial charge in [-0.25, -0.2) is 0 Å². The van der Waals surface area contributed by atoms with Crippen LogP contribution in [0, 0.1) is 0 Å². The Balaban J connectivity index is 1.29. The lowest BCUT2D eigenvalue weighted by molar-refractivity contribution is -0.0472. The van der Waals surface area contributed by atoms with E-state index < -0.39 is 11.9 Å². The smallest absolute Gasteiger partial charge is 0.198 e. The highest BCUT2D eigenvalue weighted by atomic mass is 16.6. The van der Waals surface area contributed by atoms with Crippen molar-refractivity contribution in [3.8, 4) is 5.75 Å². The highest BCUT2D eigenvalue weighted by Crippen LogP contribution is 2.36. The van der Waals surface area contributed by atoms with E-state index in [-0.39, 0.29) is 5.41 Å². The van der Waals surface area contributed by atoms with Gasteiger partial charge in [0.2, 0.25) is 0 Å². The Bertz CT molecular complexity index is 1030. The van der Waals surface area contributed by atoms with Crippen molar-refractivity contribution >= 4 is 10.8 Å². The number of rotatable bonds is 6. The monoisotopic (exact) mass is 434 g/mol. The van der Waals surface area contributed by atoms with Gasteiger partial charge in [0.1, 0.15) is 5.75 Å². The second-order valence-electron chi connectivity index (χ2n) is 9.92. The molecule has 5 heteroatoms. The number of fused-ring (bicyclic) bond motifs is 1. The molecule has 1 aromatic heterocycles. The summed E-state index contributed by atoms with van der Waals surface area (Å²) in [6.07, 6.45) is 4.62. The minimum absolute atomic E-state index is 0.0927. The Labute approximate surface area is 190 Å². The summed E-state index contributed by atoms with van der Waals surface area (Å²) in [5.74, 6) is 0.682. The molecule has 1 aliphatic heterocycles. The van der Waals surface area contributed by atoms with Crippen LogP contribution in [0.1, 0.15) is 51.2 Å². The highest BCUT2D eigenvalue weighted by molar-refractivity contribution is 5.85. The van der Waals surface area contributed by atoms with Crippen LogP contribution in [0.5, 0.6) is 5.75 Å². The van der Waals surface area contributed by atoms with Crippen molar-refractivity contribution < 1.29 is 14.9 Å². The third-order valence-corrected chi connectivity index (χ3v) is 6.54. The fourth-order valence-corrected chi connectivity index (χ4v) is 4.45. The third-order valence-electron chi connectivity index (χ3n) is 6.54. The zero-order valence-electron chi connectivity index (χ0n) is 19.3. The summed E-state index contributed by atoms with van der Waals surface area (Å²) in [5.41, 5.74) is 1.38. The van der Waals surface area contributed by atoms with E-state index in [1.807, 2.05) is 36.5 Å². The first-order valence-electron chi connectivity index (χ1n) is 11.5. The number of piperidine rings is 1. The molecule has 170 valence electrons. The molecule has 2 N–H and O–H groups in total. The molecular formula is C27H34N2O3. The fourth-order valence-electron chi connectivity index (χ4n) is 4.45. The van der Waals surface area contributed by atoms with Crippen molar-refractivity contribution in [1.82, 2.24) is 9.88 Å². The van der Waals surface area contributed by atoms with Gasteiger partial charge in [-0.2, -0.15) is 0 Å². The number of pyridine rings is 1. The number of nitrogens with zero attached hydrogens (tertiary/aromatic N) is 2. The summed E-state index contributed by atoms with van der Waals surface area (Å²) >= 11 is 0. The molecule has 0 radical (unpaired) electrons. The number of ether oxygens (including phenoxy) is 1. The van der Waals surface area contributed by atoms with E-state index >= 15 is 0 Å². The van der Waals surface area contributed by atoms with E-state index in [0.717, 1.165) is 36.0 Å². The van der Waals surface area contributed by atoms with Crippen LogP contribution in [-0.4, -0.2) is 46.0 Å². The van der Waals surface area contributed by atoms with E-state index in [1.54, 1.807) is 6.20 Å². The summed E-state index contributed by atoms with van der Waals surface area (Å²) in [4.78, 5) is 6.63. The maximum Gasteiger partial charge on any atom is 0.198 e. The predicted octanol–water partition coefficient (Wildman–Crippen LogP) is 4.60. The van der Waals surface area contributed by atoms with Crippen LogP contribution in [0.2, 0.25) is 0 Å². The van der Waals surface area contributed by atoms with Gasteiger partial charge in [0.05, 0.1) is 5.60 Å². The lowest BCUT2D eigenvalue weighted by Crippen LogP contribution is -2.43. The Morgan fingerprint density at radius 3 is 2.41 bits per heavy atom. The van der Waals surface area contributed by atoms with E-state index in [0.29, 0.717) is 25.0 Å². The van der Waals surface area contributed by atoms with Gasteiger partial charge in [0, 0.05) is 49.4 Å². The largest absolute Gasteiger partial charge is 0.465 e. The number of hydrogen-bond acceptors (Lipinski definition) is 5. The molecule has 1 fully saturated rings. The number of aliphatic hydroxyl groups is 2. The van der Waals surface area contributed by atoms with Crippen LogP contribution < -0.4 is 4.74 Å². The molecule has 0 saturated carbocycles. The SMILES string of the molecule is CC(C)(C)c1ccc(O[C@H](O)CCN2CCC(O)(c3cncc4ccccc34)CC2)cc1. The molecule has 2 aromatic carbocycles. The van der Waals surface area contributed by atoms with Crippen molar-refractivity contribution in [3.63, 3.8) is 0 Å². The fraction of sp³-hybridized carbons (Fsp3) is 0.444. The summed E-state index contributed by atoms with van der Waals surface area (Å²) in [5, 5.41) is 23.8. The molecule has 1 saturated heterocycles. The molecule has 0 spiro atoms. The van der Waals surface area contributed by atoms with Crippen LogP contribution in [-0.2, 0) is 11.0 Å². The molecular weight excluding hydrogens is 400 g/mol. The van der Waals surface area contributed by atoms with E-state index in [2.05, 4.69) is 48.9 Å². The van der Waals surface area contributed by atoms with Gasteiger partial charge in [-0.3, -0.25) is 4.98 Å². The Morgan fingerprint density at radius 1 is 1.03 bits per heavy atom. The van der Waals surface area contributed by atoms with Crippen molar-refractivity contribution in [2.45, 2.75) is 57.3 Å². The first-order chi connectivity index (χ1) is 15.2. The first-order valence-corrected chi connectivity index (χ1v) is 11.5. The van der Waals surface area contributed by atoms with Gasteiger partial charge in [0.25, 0.3) is 0 Å². The minimum atomic E-state index is -0.867. The van der Waals surface area contributed by atoms with Gasteiger partial charge in [-0.15, -0.1) is 0 Å². The van der Waals surface area contributed by atoms with E-state index in [9.17, 15) is 10.2 Å². The maximum atomic E-state index is 11.4. The number of aliphatic hydroxyl groups excluding tert-OH is 1.